The summed E-state index contributed by atoms with van der Waals surface area (Å²) < 4.78 is 6.59. The van der Waals surface area contributed by atoms with Gasteiger partial charge in [0.15, 0.2) is 0 Å². The van der Waals surface area contributed by atoms with E-state index < -0.39 is 0 Å². The SMILES string of the molecule is c1ccc(-c2c3ccccc3nc3c2ccc2ccc(-c4c5ccccc5c(-c5cccc6c5oc5ccccc56)c5ccccc45)nc23)cc1. The molecule has 0 bridgehead atoms. The zero-order valence-electron chi connectivity index (χ0n) is 27.5. The molecule has 3 heteroatoms. The van der Waals surface area contributed by atoms with Crippen LogP contribution in [0.25, 0.3) is 110 Å². The normalized spacial score (nSPS) is 11.9. The van der Waals surface area contributed by atoms with Crippen molar-refractivity contribution in [3.05, 3.63) is 170 Å². The fourth-order valence-electron chi connectivity index (χ4n) is 8.23. The molecule has 0 atom stereocenters. The summed E-state index contributed by atoms with van der Waals surface area (Å²) >= 11 is 0. The Morgan fingerprint density at radius 3 is 1.73 bits per heavy atom. The first-order valence-corrected chi connectivity index (χ1v) is 17.3. The lowest BCUT2D eigenvalue weighted by molar-refractivity contribution is 0.670. The lowest BCUT2D eigenvalue weighted by Gasteiger charge is -2.18. The molecule has 236 valence electrons. The number of pyridine rings is 2. The van der Waals surface area contributed by atoms with Crippen molar-refractivity contribution in [2.45, 2.75) is 0 Å². The Morgan fingerprint density at radius 2 is 0.961 bits per heavy atom. The minimum absolute atomic E-state index is 0.898. The zero-order chi connectivity index (χ0) is 33.5. The third-order valence-corrected chi connectivity index (χ3v) is 10.4. The van der Waals surface area contributed by atoms with Crippen LogP contribution in [0.15, 0.2) is 174 Å². The van der Waals surface area contributed by atoms with Crippen LogP contribution in [0.5, 0.6) is 0 Å². The van der Waals surface area contributed by atoms with Crippen LogP contribution in [0.3, 0.4) is 0 Å². The number of rotatable bonds is 3. The third-order valence-electron chi connectivity index (χ3n) is 10.4. The van der Waals surface area contributed by atoms with E-state index in [9.17, 15) is 0 Å². The molecule has 3 aromatic heterocycles. The molecule has 51 heavy (non-hydrogen) atoms. The number of hydrogen-bond acceptors (Lipinski definition) is 3. The molecule has 0 aliphatic rings. The van der Waals surface area contributed by atoms with Crippen LogP contribution in [0, 0.1) is 0 Å². The largest absolute Gasteiger partial charge is 0.455 e. The number of hydrogen-bond donors (Lipinski definition) is 0. The highest BCUT2D eigenvalue weighted by Crippen LogP contribution is 2.46. The van der Waals surface area contributed by atoms with E-state index in [2.05, 4.69) is 158 Å². The van der Waals surface area contributed by atoms with Crippen LogP contribution >= 0.6 is 0 Å². The second-order valence-corrected chi connectivity index (χ2v) is 13.2. The van der Waals surface area contributed by atoms with Crippen molar-refractivity contribution < 1.29 is 4.42 Å². The molecular formula is C48H28N2O. The van der Waals surface area contributed by atoms with E-state index in [0.29, 0.717) is 0 Å². The molecule has 8 aromatic carbocycles. The van der Waals surface area contributed by atoms with E-state index in [0.717, 1.165) is 93.0 Å². The van der Waals surface area contributed by atoms with Gasteiger partial charge in [-0.3, -0.25) is 0 Å². The van der Waals surface area contributed by atoms with Crippen molar-refractivity contribution in [2.75, 3.05) is 0 Å². The first-order chi connectivity index (χ1) is 25.3. The molecule has 0 radical (unpaired) electrons. The summed E-state index contributed by atoms with van der Waals surface area (Å²) in [6, 6.07) is 60.0. The van der Waals surface area contributed by atoms with E-state index in [4.69, 9.17) is 14.4 Å². The quantitative estimate of drug-likeness (QED) is 0.141. The van der Waals surface area contributed by atoms with E-state index in [1.54, 1.807) is 0 Å². The first kappa shape index (κ1) is 28.0. The second kappa shape index (κ2) is 10.8. The highest BCUT2D eigenvalue weighted by atomic mass is 16.3. The van der Waals surface area contributed by atoms with Crippen LogP contribution in [0.1, 0.15) is 0 Å². The highest BCUT2D eigenvalue weighted by Gasteiger charge is 2.21. The van der Waals surface area contributed by atoms with E-state index in [1.807, 2.05) is 12.1 Å². The zero-order valence-corrected chi connectivity index (χ0v) is 27.5. The van der Waals surface area contributed by atoms with Crippen LogP contribution < -0.4 is 0 Å². The van der Waals surface area contributed by atoms with E-state index in [1.165, 1.54) is 16.7 Å². The van der Waals surface area contributed by atoms with Gasteiger partial charge in [-0.15, -0.1) is 0 Å². The molecule has 11 aromatic rings. The van der Waals surface area contributed by atoms with Gasteiger partial charge in [0.05, 0.1) is 22.2 Å². The molecule has 0 saturated carbocycles. The van der Waals surface area contributed by atoms with Gasteiger partial charge in [0.25, 0.3) is 0 Å². The summed E-state index contributed by atoms with van der Waals surface area (Å²) in [5.74, 6) is 0. The molecule has 0 unspecified atom stereocenters. The van der Waals surface area contributed by atoms with Crippen LogP contribution in [0.4, 0.5) is 0 Å². The number of furan rings is 1. The Bertz CT molecular complexity index is 3140. The number of nitrogens with zero attached hydrogens (tertiary/aromatic N) is 2. The van der Waals surface area contributed by atoms with Crippen molar-refractivity contribution >= 4 is 76.2 Å². The molecule has 0 saturated heterocycles. The second-order valence-electron chi connectivity index (χ2n) is 13.2. The van der Waals surface area contributed by atoms with Gasteiger partial charge in [-0.1, -0.05) is 152 Å². The first-order valence-electron chi connectivity index (χ1n) is 17.3. The average Bonchev–Trinajstić information content (AvgIpc) is 3.58. The summed E-state index contributed by atoms with van der Waals surface area (Å²) in [6.45, 7) is 0. The van der Waals surface area contributed by atoms with Gasteiger partial charge in [-0.05, 0) is 45.3 Å². The molecule has 0 amide bonds. The fraction of sp³-hybridized carbons (Fsp3) is 0. The standard InChI is InChI=1S/C48H28N2O/c1-2-13-29(14-3-1)43-37-20-8-10-23-40(37)49-47-38(43)27-25-30-26-28-41(50-46(30)47)45-34-18-6-4-16-32(34)44(33-17-5-7-19-35(33)45)39-22-12-21-36-31-15-9-11-24-42(31)51-48(36)39/h1-28H. The summed E-state index contributed by atoms with van der Waals surface area (Å²) in [5, 5.41) is 10.2. The predicted octanol–water partition coefficient (Wildman–Crippen LogP) is 13.1. The minimum Gasteiger partial charge on any atom is -0.455 e. The van der Waals surface area contributed by atoms with Crippen LogP contribution in [0.2, 0.25) is 0 Å². The van der Waals surface area contributed by atoms with Crippen LogP contribution in [-0.4, -0.2) is 9.97 Å². The molecule has 11 rings (SSSR count). The maximum Gasteiger partial charge on any atom is 0.143 e. The molecule has 0 N–H and O–H groups in total. The summed E-state index contributed by atoms with van der Waals surface area (Å²) in [5.41, 5.74) is 11.2. The van der Waals surface area contributed by atoms with Gasteiger partial charge >= 0.3 is 0 Å². The Hall–Kier alpha value is -6.84. The summed E-state index contributed by atoms with van der Waals surface area (Å²) in [4.78, 5) is 10.8. The topological polar surface area (TPSA) is 38.9 Å². The Labute approximate surface area is 293 Å². The maximum absolute atomic E-state index is 6.59. The molecule has 0 spiro atoms. The number of para-hydroxylation sites is 3. The number of aromatic nitrogens is 2. The lowest BCUT2D eigenvalue weighted by Crippen LogP contribution is -1.95. The van der Waals surface area contributed by atoms with Crippen molar-refractivity contribution in [3.8, 4) is 33.5 Å². The molecule has 0 aliphatic heterocycles. The van der Waals surface area contributed by atoms with Crippen molar-refractivity contribution in [1.29, 1.82) is 0 Å². The molecule has 3 nitrogen and oxygen atoms in total. The van der Waals surface area contributed by atoms with Crippen molar-refractivity contribution in [3.63, 3.8) is 0 Å². The highest BCUT2D eigenvalue weighted by molar-refractivity contribution is 6.24. The van der Waals surface area contributed by atoms with Gasteiger partial charge in [0.1, 0.15) is 11.2 Å². The number of benzene rings is 8. The summed E-state index contributed by atoms with van der Waals surface area (Å²) in [7, 11) is 0. The van der Waals surface area contributed by atoms with Crippen molar-refractivity contribution in [1.82, 2.24) is 9.97 Å². The molecule has 0 aliphatic carbocycles. The predicted molar refractivity (Wildman–Crippen MR) is 213 cm³/mol. The molecule has 3 heterocycles. The number of fused-ring (bicyclic) bond motifs is 9. The molecular weight excluding hydrogens is 621 g/mol. The monoisotopic (exact) mass is 648 g/mol. The van der Waals surface area contributed by atoms with E-state index >= 15 is 0 Å². The minimum atomic E-state index is 0.898. The average molecular weight is 649 g/mol. The Morgan fingerprint density at radius 1 is 0.353 bits per heavy atom. The van der Waals surface area contributed by atoms with Crippen molar-refractivity contribution in [2.24, 2.45) is 0 Å². The lowest BCUT2D eigenvalue weighted by atomic mass is 9.86. The smallest absolute Gasteiger partial charge is 0.143 e. The fourth-order valence-corrected chi connectivity index (χ4v) is 8.23. The maximum atomic E-state index is 6.59. The van der Waals surface area contributed by atoms with Gasteiger partial charge in [0.2, 0.25) is 0 Å². The Kier molecular flexibility index (Phi) is 5.96. The Balaban J connectivity index is 1.23. The van der Waals surface area contributed by atoms with E-state index in [-0.39, 0.29) is 0 Å². The van der Waals surface area contributed by atoms with Gasteiger partial charge in [0, 0.05) is 49.2 Å². The molecule has 0 fully saturated rings. The van der Waals surface area contributed by atoms with Gasteiger partial charge in [-0.2, -0.15) is 0 Å². The third kappa shape index (κ3) is 4.12. The summed E-state index contributed by atoms with van der Waals surface area (Å²) in [6.07, 6.45) is 0. The van der Waals surface area contributed by atoms with Crippen LogP contribution in [-0.2, 0) is 0 Å². The van der Waals surface area contributed by atoms with Gasteiger partial charge < -0.3 is 4.42 Å². The van der Waals surface area contributed by atoms with Gasteiger partial charge in [-0.25, -0.2) is 9.97 Å².